The number of rotatable bonds is 5. The normalized spacial score (nSPS) is 10.2. The zero-order valence-electron chi connectivity index (χ0n) is 10.7. The molecule has 0 atom stereocenters. The van der Waals surface area contributed by atoms with Gasteiger partial charge in [0.05, 0.1) is 5.56 Å². The van der Waals surface area contributed by atoms with E-state index in [-0.39, 0.29) is 24.1 Å². The fraction of sp³-hybridized carbons (Fsp3) is 0.385. The molecule has 0 bridgehead atoms. The molecule has 0 heterocycles. The Morgan fingerprint density at radius 2 is 2.06 bits per heavy atom. The SMILES string of the molecule is CC(C)N(C)C(=O)COc1cccc(C(=O)O)c1. The monoisotopic (exact) mass is 251 g/mol. The smallest absolute Gasteiger partial charge is 0.335 e. The lowest BCUT2D eigenvalue weighted by atomic mass is 10.2. The summed E-state index contributed by atoms with van der Waals surface area (Å²) in [7, 11) is 1.70. The number of hydrogen-bond acceptors (Lipinski definition) is 3. The van der Waals surface area contributed by atoms with Crippen LogP contribution in [-0.4, -0.2) is 41.6 Å². The number of aromatic carboxylic acids is 1. The predicted molar refractivity (Wildman–Crippen MR) is 66.8 cm³/mol. The summed E-state index contributed by atoms with van der Waals surface area (Å²) in [4.78, 5) is 24.0. The Hall–Kier alpha value is -2.04. The zero-order chi connectivity index (χ0) is 13.7. The van der Waals surface area contributed by atoms with Crippen LogP contribution in [0.25, 0.3) is 0 Å². The molecule has 18 heavy (non-hydrogen) atoms. The third-order valence-electron chi connectivity index (χ3n) is 2.61. The first kappa shape index (κ1) is 14.0. The number of hydrogen-bond donors (Lipinski definition) is 1. The van der Waals surface area contributed by atoms with Crippen LogP contribution in [0.15, 0.2) is 24.3 Å². The lowest BCUT2D eigenvalue weighted by Gasteiger charge is -2.21. The Morgan fingerprint density at radius 1 is 1.39 bits per heavy atom. The number of ether oxygens (including phenoxy) is 1. The van der Waals surface area contributed by atoms with Crippen molar-refractivity contribution in [3.63, 3.8) is 0 Å². The molecule has 0 unspecified atom stereocenters. The van der Waals surface area contributed by atoms with Crippen LogP contribution in [0.1, 0.15) is 24.2 Å². The van der Waals surface area contributed by atoms with Crippen LogP contribution in [0, 0.1) is 0 Å². The van der Waals surface area contributed by atoms with Crippen molar-refractivity contribution in [2.75, 3.05) is 13.7 Å². The van der Waals surface area contributed by atoms with E-state index in [1.165, 1.54) is 12.1 Å². The van der Waals surface area contributed by atoms with Gasteiger partial charge in [0, 0.05) is 13.1 Å². The third kappa shape index (κ3) is 3.76. The van der Waals surface area contributed by atoms with E-state index in [4.69, 9.17) is 9.84 Å². The van der Waals surface area contributed by atoms with E-state index in [1.807, 2.05) is 13.8 Å². The van der Waals surface area contributed by atoms with Gasteiger partial charge < -0.3 is 14.7 Å². The van der Waals surface area contributed by atoms with Gasteiger partial charge in [-0.3, -0.25) is 4.79 Å². The number of carboxylic acids is 1. The highest BCUT2D eigenvalue weighted by molar-refractivity contribution is 5.88. The molecule has 0 saturated heterocycles. The summed E-state index contributed by atoms with van der Waals surface area (Å²) >= 11 is 0. The largest absolute Gasteiger partial charge is 0.484 e. The Labute approximate surface area is 106 Å². The van der Waals surface area contributed by atoms with Crippen LogP contribution in [0.2, 0.25) is 0 Å². The predicted octanol–water partition coefficient (Wildman–Crippen LogP) is 1.63. The number of likely N-dealkylation sites (N-methyl/N-ethyl adjacent to an activating group) is 1. The Balaban J connectivity index is 2.61. The van der Waals surface area contributed by atoms with Gasteiger partial charge in [0.25, 0.3) is 5.91 Å². The minimum Gasteiger partial charge on any atom is -0.484 e. The quantitative estimate of drug-likeness (QED) is 0.863. The van der Waals surface area contributed by atoms with Crippen LogP contribution in [0.4, 0.5) is 0 Å². The van der Waals surface area contributed by atoms with Crippen molar-refractivity contribution in [1.82, 2.24) is 4.90 Å². The molecule has 0 radical (unpaired) electrons. The van der Waals surface area contributed by atoms with Gasteiger partial charge in [0.15, 0.2) is 6.61 Å². The van der Waals surface area contributed by atoms with Crippen molar-refractivity contribution in [3.8, 4) is 5.75 Å². The van der Waals surface area contributed by atoms with Crippen LogP contribution in [0.3, 0.4) is 0 Å². The second-order valence-electron chi connectivity index (χ2n) is 4.22. The average Bonchev–Trinajstić information content (AvgIpc) is 2.35. The Morgan fingerprint density at radius 3 is 2.61 bits per heavy atom. The van der Waals surface area contributed by atoms with Gasteiger partial charge in [-0.25, -0.2) is 4.79 Å². The number of amides is 1. The fourth-order valence-electron chi connectivity index (χ4n) is 1.25. The molecule has 0 fully saturated rings. The highest BCUT2D eigenvalue weighted by Crippen LogP contribution is 2.13. The number of benzene rings is 1. The van der Waals surface area contributed by atoms with E-state index in [1.54, 1.807) is 24.1 Å². The summed E-state index contributed by atoms with van der Waals surface area (Å²) in [6.45, 7) is 3.71. The molecule has 0 spiro atoms. The van der Waals surface area contributed by atoms with Gasteiger partial charge in [0.1, 0.15) is 5.75 Å². The average molecular weight is 251 g/mol. The van der Waals surface area contributed by atoms with Crippen molar-refractivity contribution in [3.05, 3.63) is 29.8 Å². The standard InChI is InChI=1S/C13H17NO4/c1-9(2)14(3)12(15)8-18-11-6-4-5-10(7-11)13(16)17/h4-7,9H,8H2,1-3H3,(H,16,17). The molecule has 1 aromatic rings. The van der Waals surface area contributed by atoms with Gasteiger partial charge >= 0.3 is 5.97 Å². The summed E-state index contributed by atoms with van der Waals surface area (Å²) in [5.41, 5.74) is 0.136. The molecular weight excluding hydrogens is 234 g/mol. The minimum absolute atomic E-state index is 0.0995. The third-order valence-corrected chi connectivity index (χ3v) is 2.61. The van der Waals surface area contributed by atoms with Crippen molar-refractivity contribution >= 4 is 11.9 Å². The molecule has 0 saturated carbocycles. The summed E-state index contributed by atoms with van der Waals surface area (Å²) in [6, 6.07) is 6.17. The van der Waals surface area contributed by atoms with Crippen LogP contribution >= 0.6 is 0 Å². The van der Waals surface area contributed by atoms with E-state index in [0.29, 0.717) is 5.75 Å². The molecular formula is C13H17NO4. The molecule has 1 aromatic carbocycles. The van der Waals surface area contributed by atoms with Crippen LogP contribution in [0.5, 0.6) is 5.75 Å². The van der Waals surface area contributed by atoms with E-state index < -0.39 is 5.97 Å². The molecule has 98 valence electrons. The number of nitrogens with zero attached hydrogens (tertiary/aromatic N) is 1. The first-order valence-electron chi connectivity index (χ1n) is 5.63. The van der Waals surface area contributed by atoms with Gasteiger partial charge in [-0.15, -0.1) is 0 Å². The van der Waals surface area contributed by atoms with Crippen LogP contribution in [-0.2, 0) is 4.79 Å². The summed E-state index contributed by atoms with van der Waals surface area (Å²) in [5.74, 6) is -0.794. The number of carbonyl (C=O) groups is 2. The summed E-state index contributed by atoms with van der Waals surface area (Å²) in [5, 5.41) is 8.82. The molecule has 1 amide bonds. The highest BCUT2D eigenvalue weighted by Gasteiger charge is 2.12. The fourth-order valence-corrected chi connectivity index (χ4v) is 1.25. The Kier molecular flexibility index (Phi) is 4.71. The van der Waals surface area contributed by atoms with E-state index >= 15 is 0 Å². The van der Waals surface area contributed by atoms with Crippen molar-refractivity contribution in [2.45, 2.75) is 19.9 Å². The van der Waals surface area contributed by atoms with Crippen molar-refractivity contribution < 1.29 is 19.4 Å². The van der Waals surface area contributed by atoms with Gasteiger partial charge in [-0.05, 0) is 32.0 Å². The van der Waals surface area contributed by atoms with Gasteiger partial charge in [-0.2, -0.15) is 0 Å². The van der Waals surface area contributed by atoms with E-state index in [0.717, 1.165) is 0 Å². The first-order chi connectivity index (χ1) is 8.41. The molecule has 0 aliphatic heterocycles. The first-order valence-corrected chi connectivity index (χ1v) is 5.63. The molecule has 0 aliphatic rings. The molecule has 0 aromatic heterocycles. The molecule has 5 nitrogen and oxygen atoms in total. The zero-order valence-corrected chi connectivity index (χ0v) is 10.7. The number of carboxylic acid groups (broad SMARTS) is 1. The van der Waals surface area contributed by atoms with Crippen molar-refractivity contribution in [1.29, 1.82) is 0 Å². The maximum Gasteiger partial charge on any atom is 0.335 e. The topological polar surface area (TPSA) is 66.8 Å². The number of carbonyl (C=O) groups excluding carboxylic acids is 1. The molecule has 1 rings (SSSR count). The highest BCUT2D eigenvalue weighted by atomic mass is 16.5. The molecule has 0 aliphatic carbocycles. The minimum atomic E-state index is -1.02. The maximum atomic E-state index is 11.7. The second-order valence-corrected chi connectivity index (χ2v) is 4.22. The lowest BCUT2D eigenvalue weighted by Crippen LogP contribution is -2.36. The van der Waals surface area contributed by atoms with Crippen LogP contribution < -0.4 is 4.74 Å². The summed E-state index contributed by atoms with van der Waals surface area (Å²) < 4.78 is 5.28. The molecule has 1 N–H and O–H groups in total. The maximum absolute atomic E-state index is 11.7. The van der Waals surface area contributed by atoms with Crippen molar-refractivity contribution in [2.24, 2.45) is 0 Å². The Bertz CT molecular complexity index is 442. The van der Waals surface area contributed by atoms with Gasteiger partial charge in [-0.1, -0.05) is 6.07 Å². The lowest BCUT2D eigenvalue weighted by molar-refractivity contribution is -0.133. The van der Waals surface area contributed by atoms with E-state index in [9.17, 15) is 9.59 Å². The summed E-state index contributed by atoms with van der Waals surface area (Å²) in [6.07, 6.45) is 0. The van der Waals surface area contributed by atoms with Gasteiger partial charge in [0.2, 0.25) is 0 Å². The van der Waals surface area contributed by atoms with E-state index in [2.05, 4.69) is 0 Å². The second kappa shape index (κ2) is 6.05. The molecule has 5 heteroatoms.